The Morgan fingerprint density at radius 1 is 1.37 bits per heavy atom. The van der Waals surface area contributed by atoms with Gasteiger partial charge in [0, 0.05) is 12.6 Å². The molecule has 0 spiro atoms. The van der Waals surface area contributed by atoms with E-state index in [1.807, 2.05) is 24.3 Å². The first-order valence-electron chi connectivity index (χ1n) is 5.98. The van der Waals surface area contributed by atoms with Crippen molar-refractivity contribution in [3.8, 4) is 0 Å². The van der Waals surface area contributed by atoms with Crippen LogP contribution in [0.1, 0.15) is 22.8 Å². The summed E-state index contributed by atoms with van der Waals surface area (Å²) in [4.78, 5) is 23.2. The van der Waals surface area contributed by atoms with Crippen molar-refractivity contribution in [1.82, 2.24) is 14.8 Å². The highest BCUT2D eigenvalue weighted by molar-refractivity contribution is 7.99. The number of benzene rings is 1. The van der Waals surface area contributed by atoms with Gasteiger partial charge in [-0.3, -0.25) is 9.36 Å². The number of aromatic amines is 1. The first kappa shape index (κ1) is 13.6. The number of ketones is 1. The maximum absolute atomic E-state index is 12.0. The van der Waals surface area contributed by atoms with Crippen molar-refractivity contribution in [3.05, 3.63) is 45.9 Å². The predicted octanol–water partition coefficient (Wildman–Crippen LogP) is 1.65. The van der Waals surface area contributed by atoms with Gasteiger partial charge in [-0.2, -0.15) is 0 Å². The lowest BCUT2D eigenvalue weighted by Gasteiger charge is -2.02. The normalized spacial score (nSPS) is 10.6. The van der Waals surface area contributed by atoms with E-state index in [4.69, 9.17) is 0 Å². The smallest absolute Gasteiger partial charge is 0.293 e. The molecule has 0 aliphatic carbocycles. The number of hydrogen-bond donors (Lipinski definition) is 1. The van der Waals surface area contributed by atoms with Crippen LogP contribution in [0.4, 0.5) is 0 Å². The first-order valence-corrected chi connectivity index (χ1v) is 6.96. The van der Waals surface area contributed by atoms with E-state index in [9.17, 15) is 9.59 Å². The Morgan fingerprint density at radius 3 is 2.58 bits per heavy atom. The van der Waals surface area contributed by atoms with Crippen LogP contribution in [0.3, 0.4) is 0 Å². The largest absolute Gasteiger partial charge is 0.343 e. The summed E-state index contributed by atoms with van der Waals surface area (Å²) in [5, 5.41) is 6.70. The molecule has 2 aromatic rings. The summed E-state index contributed by atoms with van der Waals surface area (Å²) in [5.74, 6) is 0.298. The molecule has 0 saturated heterocycles. The fourth-order valence-corrected chi connectivity index (χ4v) is 2.41. The number of carbonyl (C=O) groups excluding carboxylic acids is 1. The van der Waals surface area contributed by atoms with Crippen LogP contribution in [-0.4, -0.2) is 26.3 Å². The molecule has 5 nitrogen and oxygen atoms in total. The van der Waals surface area contributed by atoms with E-state index in [1.54, 1.807) is 7.05 Å². The topological polar surface area (TPSA) is 67.8 Å². The molecule has 0 atom stereocenters. The number of aromatic nitrogens is 3. The number of nitrogens with zero attached hydrogens (tertiary/aromatic N) is 2. The third-order valence-corrected chi connectivity index (χ3v) is 3.89. The Balaban J connectivity index is 2.01. The number of H-pyrrole nitrogens is 1. The Kier molecular flexibility index (Phi) is 4.21. The summed E-state index contributed by atoms with van der Waals surface area (Å²) >= 11 is 1.25. The molecule has 6 heteroatoms. The van der Waals surface area contributed by atoms with Crippen molar-refractivity contribution in [2.75, 3.05) is 5.75 Å². The van der Waals surface area contributed by atoms with Crippen LogP contribution >= 0.6 is 11.8 Å². The zero-order valence-corrected chi connectivity index (χ0v) is 11.7. The highest BCUT2D eigenvalue weighted by Crippen LogP contribution is 2.15. The monoisotopic (exact) mass is 277 g/mol. The molecule has 0 unspecified atom stereocenters. The number of carbonyl (C=O) groups is 1. The molecule has 1 aromatic carbocycles. The molecule has 1 aromatic heterocycles. The van der Waals surface area contributed by atoms with Gasteiger partial charge in [-0.15, -0.1) is 5.10 Å². The second-order valence-corrected chi connectivity index (χ2v) is 5.08. The number of thioether (sulfide) groups is 1. The van der Waals surface area contributed by atoms with Crippen molar-refractivity contribution in [1.29, 1.82) is 0 Å². The van der Waals surface area contributed by atoms with Gasteiger partial charge in [0.05, 0.1) is 5.75 Å². The highest BCUT2D eigenvalue weighted by atomic mass is 32.2. The van der Waals surface area contributed by atoms with Gasteiger partial charge in [0.15, 0.2) is 10.9 Å². The van der Waals surface area contributed by atoms with Crippen LogP contribution in [0.25, 0.3) is 0 Å². The van der Waals surface area contributed by atoms with Gasteiger partial charge in [-0.25, -0.2) is 9.89 Å². The molecule has 1 N–H and O–H groups in total. The summed E-state index contributed by atoms with van der Waals surface area (Å²) in [6, 6.07) is 7.60. The fraction of sp³-hybridized carbons (Fsp3) is 0.308. The van der Waals surface area contributed by atoms with Gasteiger partial charge in [0.2, 0.25) is 0 Å². The number of rotatable bonds is 5. The number of Topliss-reactive ketones (excluding diaryl/α,β-unsaturated/α-hetero) is 1. The molecular formula is C13H15N3O2S. The second kappa shape index (κ2) is 5.88. The van der Waals surface area contributed by atoms with Gasteiger partial charge in [0.25, 0.3) is 0 Å². The number of nitrogens with one attached hydrogen (secondary N) is 1. The second-order valence-electron chi connectivity index (χ2n) is 4.13. The molecule has 0 amide bonds. The molecule has 0 radical (unpaired) electrons. The lowest BCUT2D eigenvalue weighted by atomic mass is 10.1. The van der Waals surface area contributed by atoms with Gasteiger partial charge < -0.3 is 0 Å². The summed E-state index contributed by atoms with van der Waals surface area (Å²) in [6.45, 7) is 2.07. The average molecular weight is 277 g/mol. The summed E-state index contributed by atoms with van der Waals surface area (Å²) in [5.41, 5.74) is 1.62. The lowest BCUT2D eigenvalue weighted by Crippen LogP contribution is -2.13. The van der Waals surface area contributed by atoms with Crippen molar-refractivity contribution in [2.45, 2.75) is 18.5 Å². The van der Waals surface area contributed by atoms with Crippen molar-refractivity contribution in [3.63, 3.8) is 0 Å². The molecule has 1 heterocycles. The number of aryl methyl sites for hydroxylation is 1. The Morgan fingerprint density at radius 2 is 2.05 bits per heavy atom. The molecule has 0 fully saturated rings. The van der Waals surface area contributed by atoms with Crippen LogP contribution < -0.4 is 5.69 Å². The highest BCUT2D eigenvalue weighted by Gasteiger charge is 2.10. The first-order chi connectivity index (χ1) is 9.11. The van der Waals surface area contributed by atoms with Gasteiger partial charge >= 0.3 is 5.69 Å². The van der Waals surface area contributed by atoms with E-state index in [-0.39, 0.29) is 17.2 Å². The Hall–Kier alpha value is -1.82. The zero-order valence-electron chi connectivity index (χ0n) is 10.8. The minimum absolute atomic E-state index is 0.0307. The van der Waals surface area contributed by atoms with Crippen molar-refractivity contribution in [2.24, 2.45) is 7.05 Å². The lowest BCUT2D eigenvalue weighted by molar-refractivity contribution is 0.102. The SMILES string of the molecule is CCc1ccc(C(=O)CSc2n[nH]c(=O)n2C)cc1. The average Bonchev–Trinajstić information content (AvgIpc) is 2.76. The molecule has 2 rings (SSSR count). The molecule has 0 saturated carbocycles. The molecule has 0 aliphatic heterocycles. The quantitative estimate of drug-likeness (QED) is 0.666. The van der Waals surface area contributed by atoms with Crippen LogP contribution in [0, 0.1) is 0 Å². The summed E-state index contributed by atoms with van der Waals surface area (Å²) in [7, 11) is 1.62. The Labute approximate surface area is 115 Å². The third kappa shape index (κ3) is 3.14. The van der Waals surface area contributed by atoms with Crippen LogP contribution in [-0.2, 0) is 13.5 Å². The molecule has 0 bridgehead atoms. The van der Waals surface area contributed by atoms with E-state index < -0.39 is 0 Å². The van der Waals surface area contributed by atoms with Crippen molar-refractivity contribution >= 4 is 17.5 Å². The third-order valence-electron chi connectivity index (χ3n) is 2.86. The number of hydrogen-bond acceptors (Lipinski definition) is 4. The Bertz CT molecular complexity index is 628. The van der Waals surface area contributed by atoms with Crippen LogP contribution in [0.2, 0.25) is 0 Å². The molecular weight excluding hydrogens is 262 g/mol. The van der Waals surface area contributed by atoms with Crippen molar-refractivity contribution < 1.29 is 4.79 Å². The molecule has 19 heavy (non-hydrogen) atoms. The maximum atomic E-state index is 12.0. The fourth-order valence-electron chi connectivity index (χ4n) is 1.60. The van der Waals surface area contributed by atoms with E-state index in [0.717, 1.165) is 6.42 Å². The van der Waals surface area contributed by atoms with Crippen LogP contribution in [0.5, 0.6) is 0 Å². The predicted molar refractivity (Wildman–Crippen MR) is 74.7 cm³/mol. The summed E-state index contributed by atoms with van der Waals surface area (Å²) in [6.07, 6.45) is 0.957. The van der Waals surface area contributed by atoms with E-state index >= 15 is 0 Å². The minimum Gasteiger partial charge on any atom is -0.293 e. The van der Waals surface area contributed by atoms with E-state index in [0.29, 0.717) is 10.7 Å². The van der Waals surface area contributed by atoms with Crippen LogP contribution in [0.15, 0.2) is 34.2 Å². The maximum Gasteiger partial charge on any atom is 0.343 e. The zero-order chi connectivity index (χ0) is 13.8. The van der Waals surface area contributed by atoms with Gasteiger partial charge in [-0.1, -0.05) is 43.0 Å². The standard InChI is InChI=1S/C13H15N3O2S/c1-3-9-4-6-10(7-5-9)11(17)8-19-13-15-14-12(18)16(13)2/h4-7H,3,8H2,1-2H3,(H,14,18). The molecule has 100 valence electrons. The van der Waals surface area contributed by atoms with E-state index in [2.05, 4.69) is 17.1 Å². The van der Waals surface area contributed by atoms with E-state index in [1.165, 1.54) is 21.9 Å². The van der Waals surface area contributed by atoms with Gasteiger partial charge in [-0.05, 0) is 12.0 Å². The minimum atomic E-state index is -0.276. The molecule has 0 aliphatic rings. The van der Waals surface area contributed by atoms with Gasteiger partial charge in [0.1, 0.15) is 0 Å². The summed E-state index contributed by atoms with van der Waals surface area (Å²) < 4.78 is 1.39.